The first kappa shape index (κ1) is 38.8. The van der Waals surface area contributed by atoms with Crippen LogP contribution in [0.4, 0.5) is 40.2 Å². The number of aromatic nitrogens is 2. The van der Waals surface area contributed by atoms with Crippen molar-refractivity contribution in [3.8, 4) is 5.75 Å². The fourth-order valence-electron chi connectivity index (χ4n) is 4.87. The molecule has 0 aliphatic heterocycles. The number of hydrogen-bond acceptors (Lipinski definition) is 14. The summed E-state index contributed by atoms with van der Waals surface area (Å²) in [5.41, 5.74) is 2.90. The minimum atomic E-state index is -4.03. The zero-order valence-corrected chi connectivity index (χ0v) is 32.2. The summed E-state index contributed by atoms with van der Waals surface area (Å²) in [7, 11) is -8.05. The summed E-state index contributed by atoms with van der Waals surface area (Å²) in [5, 5.41) is 38.8. The van der Waals surface area contributed by atoms with Gasteiger partial charge in [0, 0.05) is 21.9 Å². The number of benzene rings is 4. The number of aromatic hydroxyl groups is 1. The molecule has 284 valence electrons. The van der Waals surface area contributed by atoms with Crippen LogP contribution in [0.3, 0.4) is 0 Å². The summed E-state index contributed by atoms with van der Waals surface area (Å²) in [6, 6.07) is 16.9. The molecule has 0 radical (unpaired) electrons. The number of hydrogen-bond donors (Lipinski definition) is 4. The second-order valence-electron chi connectivity index (χ2n) is 11.8. The lowest BCUT2D eigenvalue weighted by Crippen LogP contribution is -2.18. The van der Waals surface area contributed by atoms with Crippen LogP contribution in [-0.4, -0.2) is 43.0 Å². The van der Waals surface area contributed by atoms with Gasteiger partial charge in [-0.25, -0.2) is 26.3 Å². The minimum absolute atomic E-state index is 0.000280. The molecule has 0 fully saturated rings. The molecule has 0 spiro atoms. The number of rotatable bonds is 12. The molecule has 2 aromatic heterocycles. The van der Waals surface area contributed by atoms with Crippen LogP contribution in [0.2, 0.25) is 0 Å². The first-order valence-corrected chi connectivity index (χ1v) is 19.7. The number of phenols is 1. The molecule has 0 saturated heterocycles. The summed E-state index contributed by atoms with van der Waals surface area (Å²) in [6.45, 7) is 6.70. The van der Waals surface area contributed by atoms with Crippen LogP contribution < -0.4 is 14.8 Å². The predicted molar refractivity (Wildman–Crippen MR) is 205 cm³/mol. The van der Waals surface area contributed by atoms with E-state index in [1.54, 1.807) is 39.8 Å². The summed E-state index contributed by atoms with van der Waals surface area (Å²) in [4.78, 5) is 10.9. The Hall–Kier alpha value is -5.89. The summed E-state index contributed by atoms with van der Waals surface area (Å²) < 4.78 is 66.6. The fourth-order valence-corrected chi connectivity index (χ4v) is 7.07. The third-order valence-corrected chi connectivity index (χ3v) is 11.2. The van der Waals surface area contributed by atoms with Crippen LogP contribution in [0.5, 0.6) is 5.75 Å². The third kappa shape index (κ3) is 8.44. The molecule has 0 aliphatic rings. The zero-order chi connectivity index (χ0) is 39.7. The molecular weight excluding hydrogens is 797 g/mol. The molecule has 55 heavy (non-hydrogen) atoms. The van der Waals surface area contributed by atoms with E-state index in [-0.39, 0.29) is 66.5 Å². The van der Waals surface area contributed by atoms with Crippen molar-refractivity contribution in [2.75, 3.05) is 14.8 Å². The van der Waals surface area contributed by atoms with Gasteiger partial charge in [0.2, 0.25) is 11.8 Å². The van der Waals surface area contributed by atoms with Crippen molar-refractivity contribution in [1.29, 1.82) is 0 Å². The quantitative estimate of drug-likeness (QED) is 0.0674. The molecule has 0 atom stereocenters. The number of carbonyl (C=O) groups is 1. The molecule has 4 N–H and O–H groups in total. The lowest BCUT2D eigenvalue weighted by Gasteiger charge is -2.13. The molecule has 21 heteroatoms. The van der Waals surface area contributed by atoms with Gasteiger partial charge in [0.25, 0.3) is 26.0 Å². The van der Waals surface area contributed by atoms with Gasteiger partial charge in [0.15, 0.2) is 10.6 Å². The van der Waals surface area contributed by atoms with Gasteiger partial charge in [-0.3, -0.25) is 4.79 Å². The van der Waals surface area contributed by atoms with Crippen molar-refractivity contribution in [3.05, 3.63) is 95.3 Å². The summed E-state index contributed by atoms with van der Waals surface area (Å²) in [6.07, 6.45) is 0. The lowest BCUT2D eigenvalue weighted by molar-refractivity contribution is -0.114. The Morgan fingerprint density at radius 2 is 1.18 bits per heavy atom. The van der Waals surface area contributed by atoms with Gasteiger partial charge < -0.3 is 19.5 Å². The zero-order valence-electron chi connectivity index (χ0n) is 29.1. The number of nitrogens with one attached hydrogen (secondary N) is 3. The van der Waals surface area contributed by atoms with Crippen molar-refractivity contribution in [2.45, 2.75) is 42.3 Å². The van der Waals surface area contributed by atoms with E-state index >= 15 is 0 Å². The Morgan fingerprint density at radius 3 is 1.62 bits per heavy atom. The molecule has 17 nitrogen and oxygen atoms in total. The van der Waals surface area contributed by atoms with E-state index in [1.165, 1.54) is 60.7 Å². The van der Waals surface area contributed by atoms with Crippen molar-refractivity contribution >= 4 is 100 Å². The Morgan fingerprint density at radius 1 is 0.709 bits per heavy atom. The number of amides is 1. The second-order valence-corrected chi connectivity index (χ2v) is 16.3. The maximum atomic E-state index is 13.0. The second kappa shape index (κ2) is 15.5. The van der Waals surface area contributed by atoms with Gasteiger partial charge in [0.1, 0.15) is 5.69 Å². The third-order valence-electron chi connectivity index (χ3n) is 8.16. The topological polar surface area (TPSA) is 243 Å². The Labute approximate surface area is 323 Å². The highest BCUT2D eigenvalue weighted by Crippen LogP contribution is 2.45. The molecule has 4 aromatic carbocycles. The van der Waals surface area contributed by atoms with Crippen LogP contribution in [-0.2, 0) is 24.8 Å². The maximum absolute atomic E-state index is 13.0. The number of fused-ring (bicyclic) bond motifs is 1. The molecule has 6 rings (SSSR count). The van der Waals surface area contributed by atoms with Crippen molar-refractivity contribution in [3.63, 3.8) is 0 Å². The Kier molecular flexibility index (Phi) is 10.9. The normalized spacial score (nSPS) is 12.3. The van der Waals surface area contributed by atoms with Crippen LogP contribution in [0.1, 0.15) is 22.5 Å². The SMILES string of the molecule is Cc1noc(NS(=O)(=O)c2ccc(N=Nc3cc(N=Nc4ccc(S(=O)(=O)Nc5onc(C)c5C)cc4)c4c(NC(=O)C(Cl)Cl)cccc4c3O)cc2)c1C. The van der Waals surface area contributed by atoms with E-state index < -0.39 is 30.8 Å². The molecule has 0 bridgehead atoms. The van der Waals surface area contributed by atoms with Gasteiger partial charge in [-0.1, -0.05) is 45.6 Å². The first-order chi connectivity index (χ1) is 26.0. The number of nitrogens with zero attached hydrogens (tertiary/aromatic N) is 6. The van der Waals surface area contributed by atoms with Gasteiger partial charge in [-0.2, -0.15) is 10.2 Å². The summed E-state index contributed by atoms with van der Waals surface area (Å²) >= 11 is 11.6. The standard InChI is InChI=1S/C34H29Cl2N9O8S2/c1-17-19(3)42-52-33(17)44-54(48,49)23-12-8-21(9-13-23)38-40-27-16-28(30(46)25-6-5-7-26(29(25)27)37-32(47)31(35)36)41-39-22-10-14-24(15-11-22)55(50,51)45-34-18(2)20(4)43-53-34/h5-16,31,44-46H,1-4H3,(H,37,47). The molecule has 1 amide bonds. The van der Waals surface area contributed by atoms with E-state index in [0.717, 1.165) is 0 Å². The summed E-state index contributed by atoms with van der Waals surface area (Å²) in [5.74, 6) is -1.07. The largest absolute Gasteiger partial charge is 0.505 e. The highest BCUT2D eigenvalue weighted by molar-refractivity contribution is 7.93. The molecule has 0 unspecified atom stereocenters. The molecule has 0 saturated carbocycles. The van der Waals surface area contributed by atoms with Gasteiger partial charge in [-0.15, -0.1) is 10.2 Å². The molecule has 6 aromatic rings. The van der Waals surface area contributed by atoms with Crippen molar-refractivity contribution < 1.29 is 35.8 Å². The first-order valence-electron chi connectivity index (χ1n) is 15.9. The highest BCUT2D eigenvalue weighted by Gasteiger charge is 2.22. The average molecular weight is 827 g/mol. The number of anilines is 3. The minimum Gasteiger partial charge on any atom is -0.505 e. The fraction of sp³-hybridized carbons (Fsp3) is 0.147. The number of halogens is 2. The Balaban J connectivity index is 1.31. The maximum Gasteiger partial charge on any atom is 0.264 e. The molecule has 2 heterocycles. The Bertz CT molecular complexity index is 2720. The highest BCUT2D eigenvalue weighted by atomic mass is 35.5. The van der Waals surface area contributed by atoms with Crippen molar-refractivity contribution in [2.24, 2.45) is 20.5 Å². The number of sulfonamides is 2. The number of phenolic OH excluding ortho intramolecular Hbond substituents is 1. The van der Waals surface area contributed by atoms with E-state index in [4.69, 9.17) is 32.2 Å². The number of aryl methyl sites for hydroxylation is 2. The van der Waals surface area contributed by atoms with E-state index in [1.807, 2.05) is 0 Å². The van der Waals surface area contributed by atoms with Gasteiger partial charge >= 0.3 is 0 Å². The predicted octanol–water partition coefficient (Wildman–Crippen LogP) is 8.93. The van der Waals surface area contributed by atoms with Crippen molar-refractivity contribution in [1.82, 2.24) is 10.3 Å². The van der Waals surface area contributed by atoms with E-state index in [2.05, 4.69) is 45.5 Å². The average Bonchev–Trinajstić information content (AvgIpc) is 3.64. The number of carbonyl (C=O) groups excluding carboxylic acids is 1. The monoisotopic (exact) mass is 825 g/mol. The van der Waals surface area contributed by atoms with Gasteiger partial charge in [-0.05, 0) is 88.4 Å². The molecular formula is C34H29Cl2N9O8S2. The lowest BCUT2D eigenvalue weighted by atomic mass is 10.0. The molecule has 0 aliphatic carbocycles. The van der Waals surface area contributed by atoms with Crippen LogP contribution in [0.25, 0.3) is 10.8 Å². The van der Waals surface area contributed by atoms with Crippen LogP contribution in [0.15, 0.2) is 112 Å². The van der Waals surface area contributed by atoms with Crippen LogP contribution >= 0.6 is 23.2 Å². The smallest absolute Gasteiger partial charge is 0.264 e. The van der Waals surface area contributed by atoms with E-state index in [9.17, 15) is 26.7 Å². The van der Waals surface area contributed by atoms with Crippen LogP contribution in [0, 0.1) is 27.7 Å². The number of alkyl halides is 2. The number of azo groups is 2. The van der Waals surface area contributed by atoms with Gasteiger partial charge in [0.05, 0.1) is 43.9 Å². The van der Waals surface area contributed by atoms with E-state index in [0.29, 0.717) is 22.5 Å².